The van der Waals surface area contributed by atoms with E-state index in [2.05, 4.69) is 24.3 Å². The van der Waals surface area contributed by atoms with Crippen molar-refractivity contribution in [2.24, 2.45) is 5.92 Å². The van der Waals surface area contributed by atoms with Crippen LogP contribution in [0.3, 0.4) is 0 Å². The number of benzene rings is 4. The SMILES string of the molecule is O=C(CC[C@H](c1cccc2ccccc12)[C@H]1CC=C(c2ccc(Cl)cc2)OC1=O)c1ccc(Cl)cc1. The fraction of sp³-hybridized carbons (Fsp3) is 0.161. The summed E-state index contributed by atoms with van der Waals surface area (Å²) in [5, 5.41) is 3.41. The van der Waals surface area contributed by atoms with E-state index in [1.807, 2.05) is 36.4 Å². The summed E-state index contributed by atoms with van der Waals surface area (Å²) in [6.07, 6.45) is 3.33. The molecule has 3 nitrogen and oxygen atoms in total. The smallest absolute Gasteiger partial charge is 0.315 e. The van der Waals surface area contributed by atoms with Gasteiger partial charge in [0.15, 0.2) is 5.78 Å². The average Bonchev–Trinajstić information content (AvgIpc) is 2.90. The number of rotatable bonds is 7. The van der Waals surface area contributed by atoms with Crippen molar-refractivity contribution in [3.63, 3.8) is 0 Å². The van der Waals surface area contributed by atoms with E-state index in [1.54, 1.807) is 36.4 Å². The molecule has 0 aromatic heterocycles. The van der Waals surface area contributed by atoms with E-state index in [1.165, 1.54) is 0 Å². The molecule has 2 atom stereocenters. The van der Waals surface area contributed by atoms with Gasteiger partial charge in [0.2, 0.25) is 0 Å². The first-order chi connectivity index (χ1) is 17.5. The first-order valence-corrected chi connectivity index (χ1v) is 12.7. The molecule has 180 valence electrons. The highest BCUT2D eigenvalue weighted by Crippen LogP contribution is 2.40. The molecular weight excluding hydrogens is 491 g/mol. The number of fused-ring (bicyclic) bond motifs is 1. The minimum Gasteiger partial charge on any atom is -0.426 e. The first-order valence-electron chi connectivity index (χ1n) is 11.9. The molecule has 5 rings (SSSR count). The Morgan fingerprint density at radius 3 is 2.25 bits per heavy atom. The zero-order valence-electron chi connectivity index (χ0n) is 19.5. The molecule has 0 fully saturated rings. The number of halogens is 2. The van der Waals surface area contributed by atoms with Crippen LogP contribution >= 0.6 is 23.2 Å². The number of ether oxygens (including phenoxy) is 1. The summed E-state index contributed by atoms with van der Waals surface area (Å²) in [6, 6.07) is 28.4. The van der Waals surface area contributed by atoms with Crippen LogP contribution in [0.5, 0.6) is 0 Å². The molecule has 0 N–H and O–H groups in total. The van der Waals surface area contributed by atoms with Gasteiger partial charge in [-0.05, 0) is 89.7 Å². The van der Waals surface area contributed by atoms with Gasteiger partial charge in [-0.15, -0.1) is 0 Å². The van der Waals surface area contributed by atoms with Gasteiger partial charge in [0.05, 0.1) is 5.92 Å². The van der Waals surface area contributed by atoms with Crippen LogP contribution in [0.2, 0.25) is 10.0 Å². The molecule has 0 unspecified atom stereocenters. The number of allylic oxidation sites excluding steroid dienone is 1. The number of ketones is 1. The largest absolute Gasteiger partial charge is 0.426 e. The van der Waals surface area contributed by atoms with Crippen molar-refractivity contribution < 1.29 is 14.3 Å². The van der Waals surface area contributed by atoms with Gasteiger partial charge in [-0.2, -0.15) is 0 Å². The molecular formula is C31H24Cl2O3. The van der Waals surface area contributed by atoms with Crippen molar-refractivity contribution in [2.45, 2.75) is 25.2 Å². The maximum absolute atomic E-state index is 13.4. The highest BCUT2D eigenvalue weighted by Gasteiger charge is 2.35. The second-order valence-corrected chi connectivity index (χ2v) is 9.86. The molecule has 0 bridgehead atoms. The lowest BCUT2D eigenvalue weighted by Crippen LogP contribution is -2.27. The molecule has 0 radical (unpaired) electrons. The third kappa shape index (κ3) is 5.23. The topological polar surface area (TPSA) is 43.4 Å². The summed E-state index contributed by atoms with van der Waals surface area (Å²) in [6.45, 7) is 0. The number of Topliss-reactive ketones (excluding diaryl/α,β-unsaturated/α-hetero) is 1. The van der Waals surface area contributed by atoms with Gasteiger partial charge >= 0.3 is 5.97 Å². The Morgan fingerprint density at radius 1 is 0.861 bits per heavy atom. The Morgan fingerprint density at radius 2 is 1.53 bits per heavy atom. The average molecular weight is 515 g/mol. The van der Waals surface area contributed by atoms with Gasteiger partial charge < -0.3 is 4.74 Å². The summed E-state index contributed by atoms with van der Waals surface area (Å²) in [5.74, 6) is -0.285. The Bertz CT molecular complexity index is 1430. The van der Waals surface area contributed by atoms with Crippen molar-refractivity contribution in [3.05, 3.63) is 124 Å². The van der Waals surface area contributed by atoms with Gasteiger partial charge in [-0.3, -0.25) is 9.59 Å². The van der Waals surface area contributed by atoms with Crippen molar-refractivity contribution in [2.75, 3.05) is 0 Å². The number of cyclic esters (lactones) is 1. The normalized spacial score (nSPS) is 16.3. The van der Waals surface area contributed by atoms with E-state index < -0.39 is 5.92 Å². The number of hydrogen-bond acceptors (Lipinski definition) is 3. The lowest BCUT2D eigenvalue weighted by Gasteiger charge is -2.29. The quantitative estimate of drug-likeness (QED) is 0.183. The zero-order valence-corrected chi connectivity index (χ0v) is 21.0. The van der Waals surface area contributed by atoms with E-state index in [9.17, 15) is 9.59 Å². The van der Waals surface area contributed by atoms with Gasteiger partial charge in [0.25, 0.3) is 0 Å². The van der Waals surface area contributed by atoms with E-state index in [4.69, 9.17) is 27.9 Å². The van der Waals surface area contributed by atoms with Crippen molar-refractivity contribution in [1.82, 2.24) is 0 Å². The fourth-order valence-electron chi connectivity index (χ4n) is 4.89. The van der Waals surface area contributed by atoms with Gasteiger partial charge in [-0.25, -0.2) is 0 Å². The molecule has 0 aliphatic carbocycles. The maximum atomic E-state index is 13.4. The van der Waals surface area contributed by atoms with Gasteiger partial charge in [-0.1, -0.05) is 65.7 Å². The van der Waals surface area contributed by atoms with Crippen LogP contribution in [0, 0.1) is 5.92 Å². The summed E-state index contributed by atoms with van der Waals surface area (Å²) in [4.78, 5) is 26.4. The summed E-state index contributed by atoms with van der Waals surface area (Å²) in [5.41, 5.74) is 2.49. The number of carbonyl (C=O) groups is 2. The Hall–Kier alpha value is -3.40. The van der Waals surface area contributed by atoms with Crippen LogP contribution in [-0.2, 0) is 9.53 Å². The third-order valence-electron chi connectivity index (χ3n) is 6.76. The number of carbonyl (C=O) groups excluding carboxylic acids is 2. The highest BCUT2D eigenvalue weighted by atomic mass is 35.5. The van der Waals surface area contributed by atoms with E-state index in [0.29, 0.717) is 40.6 Å². The summed E-state index contributed by atoms with van der Waals surface area (Å²) >= 11 is 12.0. The highest BCUT2D eigenvalue weighted by molar-refractivity contribution is 6.30. The molecule has 0 spiro atoms. The fourth-order valence-corrected chi connectivity index (χ4v) is 5.14. The van der Waals surface area contributed by atoms with Gasteiger partial charge in [0.1, 0.15) is 5.76 Å². The Labute approximate surface area is 220 Å². The Balaban J connectivity index is 1.46. The van der Waals surface area contributed by atoms with Crippen LogP contribution in [0.4, 0.5) is 0 Å². The lowest BCUT2D eigenvalue weighted by molar-refractivity contribution is -0.143. The maximum Gasteiger partial charge on any atom is 0.315 e. The molecule has 0 amide bonds. The van der Waals surface area contributed by atoms with Gasteiger partial charge in [0, 0.05) is 27.6 Å². The second-order valence-electron chi connectivity index (χ2n) is 8.98. The molecule has 36 heavy (non-hydrogen) atoms. The number of hydrogen-bond donors (Lipinski definition) is 0. The lowest BCUT2D eigenvalue weighted by atomic mass is 9.77. The van der Waals surface area contributed by atoms with Crippen molar-refractivity contribution in [1.29, 1.82) is 0 Å². The zero-order chi connectivity index (χ0) is 25.1. The van der Waals surface area contributed by atoms with Crippen molar-refractivity contribution >= 4 is 51.5 Å². The Kier molecular flexibility index (Phi) is 7.22. The molecule has 0 saturated heterocycles. The minimum atomic E-state index is -0.398. The third-order valence-corrected chi connectivity index (χ3v) is 7.26. The van der Waals surface area contributed by atoms with Crippen LogP contribution in [0.15, 0.2) is 97.1 Å². The molecule has 5 heteroatoms. The predicted molar refractivity (Wildman–Crippen MR) is 145 cm³/mol. The summed E-state index contributed by atoms with van der Waals surface area (Å²) < 4.78 is 5.82. The monoisotopic (exact) mass is 514 g/mol. The minimum absolute atomic E-state index is 0.0264. The van der Waals surface area contributed by atoms with Crippen LogP contribution in [0.1, 0.15) is 46.7 Å². The molecule has 4 aromatic carbocycles. The molecule has 1 aliphatic rings. The van der Waals surface area contributed by atoms with Crippen LogP contribution < -0.4 is 0 Å². The van der Waals surface area contributed by atoms with E-state index >= 15 is 0 Å². The molecule has 1 heterocycles. The molecule has 1 aliphatic heterocycles. The molecule has 4 aromatic rings. The first kappa shape index (κ1) is 24.3. The van der Waals surface area contributed by atoms with Crippen LogP contribution in [0.25, 0.3) is 16.5 Å². The van der Waals surface area contributed by atoms with E-state index in [0.717, 1.165) is 21.9 Å². The van der Waals surface area contributed by atoms with Crippen LogP contribution in [-0.4, -0.2) is 11.8 Å². The van der Waals surface area contributed by atoms with Crippen molar-refractivity contribution in [3.8, 4) is 0 Å². The summed E-state index contributed by atoms with van der Waals surface area (Å²) in [7, 11) is 0. The second kappa shape index (κ2) is 10.7. The predicted octanol–water partition coefficient (Wildman–Crippen LogP) is 8.50. The molecule has 0 saturated carbocycles. The number of esters is 1. The van der Waals surface area contributed by atoms with E-state index in [-0.39, 0.29) is 17.7 Å². The standard InChI is InChI=1S/C31H24Cl2O3/c32-23-12-8-21(9-13-23)29(34)18-16-27(26-7-3-5-20-4-1-2-6-25(20)26)28-17-19-30(36-31(28)35)22-10-14-24(33)15-11-22/h1-15,19,27-28H,16-18H2/t27-,28-/m1/s1.